The van der Waals surface area contributed by atoms with Crippen LogP contribution >= 0.6 is 0 Å². The van der Waals surface area contributed by atoms with Gasteiger partial charge in [0, 0.05) is 19.5 Å². The summed E-state index contributed by atoms with van der Waals surface area (Å²) in [6, 6.07) is 0. The van der Waals surface area contributed by atoms with E-state index in [0.29, 0.717) is 6.42 Å². The highest BCUT2D eigenvalue weighted by atomic mass is 19.1. The SMILES string of the molecule is CCCCOC(=O)C(C)(OC(=O)N(C)C)C(C)(C)CF. The molecule has 5 nitrogen and oxygen atoms in total. The number of rotatable bonds is 7. The molecule has 1 unspecified atom stereocenters. The number of unbranched alkanes of at least 4 members (excludes halogenated alkanes) is 1. The average Bonchev–Trinajstić information content (AvgIpc) is 2.38. The van der Waals surface area contributed by atoms with Crippen LogP contribution in [-0.2, 0) is 14.3 Å². The van der Waals surface area contributed by atoms with Crippen LogP contribution in [-0.4, -0.2) is 49.9 Å². The molecule has 0 fully saturated rings. The van der Waals surface area contributed by atoms with Crippen LogP contribution < -0.4 is 0 Å². The molecule has 118 valence electrons. The highest BCUT2D eigenvalue weighted by Gasteiger charge is 2.52. The fourth-order valence-corrected chi connectivity index (χ4v) is 1.30. The van der Waals surface area contributed by atoms with Crippen LogP contribution in [0.15, 0.2) is 0 Å². The van der Waals surface area contributed by atoms with E-state index in [1.54, 1.807) is 0 Å². The molecule has 0 aliphatic rings. The highest BCUT2D eigenvalue weighted by molar-refractivity contribution is 5.83. The van der Waals surface area contributed by atoms with E-state index in [-0.39, 0.29) is 6.61 Å². The zero-order valence-electron chi connectivity index (χ0n) is 13.3. The van der Waals surface area contributed by atoms with Crippen LogP contribution in [0.4, 0.5) is 9.18 Å². The first-order chi connectivity index (χ1) is 9.12. The summed E-state index contributed by atoms with van der Waals surface area (Å²) >= 11 is 0. The van der Waals surface area contributed by atoms with Crippen molar-refractivity contribution < 1.29 is 23.5 Å². The molecule has 0 radical (unpaired) electrons. The van der Waals surface area contributed by atoms with Gasteiger partial charge in [0.25, 0.3) is 0 Å². The fraction of sp³-hybridized carbons (Fsp3) is 0.857. The van der Waals surface area contributed by atoms with Crippen LogP contribution in [0.3, 0.4) is 0 Å². The number of alkyl halides is 1. The van der Waals surface area contributed by atoms with Gasteiger partial charge in [-0.3, -0.25) is 4.39 Å². The Kier molecular flexibility index (Phi) is 6.96. The van der Waals surface area contributed by atoms with E-state index in [1.165, 1.54) is 39.8 Å². The van der Waals surface area contributed by atoms with Crippen LogP contribution in [0.2, 0.25) is 0 Å². The number of nitrogens with zero attached hydrogens (tertiary/aromatic N) is 1. The minimum absolute atomic E-state index is 0.229. The molecular weight excluding hydrogens is 265 g/mol. The fourth-order valence-electron chi connectivity index (χ4n) is 1.30. The second-order valence-electron chi connectivity index (χ2n) is 5.80. The van der Waals surface area contributed by atoms with E-state index >= 15 is 0 Å². The second kappa shape index (κ2) is 7.45. The molecule has 0 bridgehead atoms. The first kappa shape index (κ1) is 18.7. The van der Waals surface area contributed by atoms with Gasteiger partial charge in [-0.1, -0.05) is 27.2 Å². The Morgan fingerprint density at radius 2 is 1.75 bits per heavy atom. The molecule has 0 saturated heterocycles. The van der Waals surface area contributed by atoms with Crippen molar-refractivity contribution >= 4 is 12.1 Å². The van der Waals surface area contributed by atoms with Crippen molar-refractivity contribution in [3.8, 4) is 0 Å². The summed E-state index contributed by atoms with van der Waals surface area (Å²) in [4.78, 5) is 25.1. The summed E-state index contributed by atoms with van der Waals surface area (Å²) < 4.78 is 23.6. The molecule has 0 heterocycles. The quantitative estimate of drug-likeness (QED) is 0.534. The third-order valence-electron chi connectivity index (χ3n) is 3.40. The zero-order valence-corrected chi connectivity index (χ0v) is 13.3. The van der Waals surface area contributed by atoms with Gasteiger partial charge < -0.3 is 14.4 Å². The van der Waals surface area contributed by atoms with Crippen molar-refractivity contribution in [1.82, 2.24) is 4.90 Å². The molecule has 0 aromatic carbocycles. The van der Waals surface area contributed by atoms with Crippen LogP contribution in [0.5, 0.6) is 0 Å². The van der Waals surface area contributed by atoms with E-state index in [4.69, 9.17) is 9.47 Å². The van der Waals surface area contributed by atoms with E-state index in [2.05, 4.69) is 0 Å². The molecule has 0 N–H and O–H groups in total. The molecule has 0 aliphatic heterocycles. The first-order valence-corrected chi connectivity index (χ1v) is 6.76. The number of hydrogen-bond donors (Lipinski definition) is 0. The predicted molar refractivity (Wildman–Crippen MR) is 74.2 cm³/mol. The molecule has 0 aliphatic carbocycles. The lowest BCUT2D eigenvalue weighted by atomic mass is 9.77. The van der Waals surface area contributed by atoms with Crippen molar-refractivity contribution in [2.75, 3.05) is 27.4 Å². The summed E-state index contributed by atoms with van der Waals surface area (Å²) in [5, 5.41) is 0. The number of hydrogen-bond acceptors (Lipinski definition) is 4. The Hall–Kier alpha value is -1.33. The Morgan fingerprint density at radius 1 is 1.20 bits per heavy atom. The number of halogens is 1. The standard InChI is InChI=1S/C14H26FNO4/c1-7-8-9-19-11(17)14(4,13(2,3)10-15)20-12(18)16(5)6/h7-10H2,1-6H3. The van der Waals surface area contributed by atoms with Gasteiger partial charge in [0.1, 0.15) is 0 Å². The molecular formula is C14H26FNO4. The number of esters is 1. The highest BCUT2D eigenvalue weighted by Crippen LogP contribution is 2.36. The van der Waals surface area contributed by atoms with Gasteiger partial charge in [-0.2, -0.15) is 0 Å². The summed E-state index contributed by atoms with van der Waals surface area (Å²) in [6.45, 7) is 5.82. The lowest BCUT2D eigenvalue weighted by Crippen LogP contribution is -2.55. The van der Waals surface area contributed by atoms with Gasteiger partial charge in [0.15, 0.2) is 0 Å². The normalized spacial score (nSPS) is 14.3. The third kappa shape index (κ3) is 4.35. The van der Waals surface area contributed by atoms with Gasteiger partial charge in [-0.25, -0.2) is 9.59 Å². The van der Waals surface area contributed by atoms with Crippen molar-refractivity contribution in [3.05, 3.63) is 0 Å². The lowest BCUT2D eigenvalue weighted by molar-refractivity contribution is -0.179. The second-order valence-corrected chi connectivity index (χ2v) is 5.80. The van der Waals surface area contributed by atoms with Gasteiger partial charge in [-0.05, 0) is 13.3 Å². The van der Waals surface area contributed by atoms with Crippen LogP contribution in [0, 0.1) is 5.41 Å². The topological polar surface area (TPSA) is 55.8 Å². The molecule has 0 saturated carbocycles. The molecule has 1 amide bonds. The largest absolute Gasteiger partial charge is 0.463 e. The Bertz CT molecular complexity index is 344. The van der Waals surface area contributed by atoms with Gasteiger partial charge >= 0.3 is 12.1 Å². The maximum atomic E-state index is 13.3. The van der Waals surface area contributed by atoms with Crippen molar-refractivity contribution in [2.45, 2.75) is 46.1 Å². The summed E-state index contributed by atoms with van der Waals surface area (Å²) in [6.07, 6.45) is 0.870. The van der Waals surface area contributed by atoms with E-state index in [9.17, 15) is 14.0 Å². The Balaban J connectivity index is 5.16. The molecule has 20 heavy (non-hydrogen) atoms. The first-order valence-electron chi connectivity index (χ1n) is 6.76. The molecule has 1 atom stereocenters. The minimum atomic E-state index is -1.67. The molecule has 0 aromatic heterocycles. The minimum Gasteiger partial charge on any atom is -0.463 e. The molecule has 6 heteroatoms. The van der Waals surface area contributed by atoms with Crippen LogP contribution in [0.1, 0.15) is 40.5 Å². The summed E-state index contributed by atoms with van der Waals surface area (Å²) in [7, 11) is 2.99. The van der Waals surface area contributed by atoms with Gasteiger partial charge in [0.05, 0.1) is 13.3 Å². The van der Waals surface area contributed by atoms with Gasteiger partial charge in [0.2, 0.25) is 5.60 Å². The monoisotopic (exact) mass is 291 g/mol. The smallest absolute Gasteiger partial charge is 0.410 e. The van der Waals surface area contributed by atoms with E-state index in [0.717, 1.165) is 6.42 Å². The van der Waals surface area contributed by atoms with Crippen molar-refractivity contribution in [1.29, 1.82) is 0 Å². The Morgan fingerprint density at radius 3 is 2.15 bits per heavy atom. The molecule has 0 spiro atoms. The number of carbonyl (C=O) groups is 2. The maximum absolute atomic E-state index is 13.3. The average molecular weight is 291 g/mol. The summed E-state index contributed by atoms with van der Waals surface area (Å²) in [5.41, 5.74) is -2.85. The number of amides is 1. The maximum Gasteiger partial charge on any atom is 0.410 e. The van der Waals surface area contributed by atoms with E-state index < -0.39 is 29.8 Å². The lowest BCUT2D eigenvalue weighted by Gasteiger charge is -2.39. The number of carbonyl (C=O) groups excluding carboxylic acids is 2. The molecule has 0 aromatic rings. The zero-order chi connectivity index (χ0) is 16.0. The predicted octanol–water partition coefficient (Wildman–Crippen LogP) is 2.78. The van der Waals surface area contributed by atoms with Crippen molar-refractivity contribution in [2.24, 2.45) is 5.41 Å². The molecule has 0 rings (SSSR count). The Labute approximate surface area is 120 Å². The number of ether oxygens (including phenoxy) is 2. The summed E-state index contributed by atoms with van der Waals surface area (Å²) in [5.74, 6) is -0.719. The third-order valence-corrected chi connectivity index (χ3v) is 3.40. The van der Waals surface area contributed by atoms with Crippen LogP contribution in [0.25, 0.3) is 0 Å². The van der Waals surface area contributed by atoms with Crippen molar-refractivity contribution in [3.63, 3.8) is 0 Å². The van der Waals surface area contributed by atoms with Gasteiger partial charge in [-0.15, -0.1) is 0 Å². The van der Waals surface area contributed by atoms with E-state index in [1.807, 2.05) is 6.92 Å².